The average molecular weight is 337 g/mol. The topological polar surface area (TPSA) is 38.1 Å². The summed E-state index contributed by atoms with van der Waals surface area (Å²) in [6, 6.07) is 8.03. The van der Waals surface area contributed by atoms with Gasteiger partial charge in [0.05, 0.1) is 0 Å². The van der Waals surface area contributed by atoms with Crippen LogP contribution in [0.4, 0.5) is 0 Å². The Hall–Kier alpha value is -1.17. The smallest absolute Gasteiger partial charge is 0.154 e. The summed E-state index contributed by atoms with van der Waals surface area (Å²) in [5.74, 6) is 0.826. The van der Waals surface area contributed by atoms with Crippen molar-refractivity contribution in [2.24, 2.45) is 0 Å². The van der Waals surface area contributed by atoms with Crippen LogP contribution < -0.4 is 5.32 Å². The van der Waals surface area contributed by atoms with E-state index in [0.717, 1.165) is 45.0 Å². The Kier molecular flexibility index (Phi) is 3.68. The molecule has 3 aromatic rings. The highest BCUT2D eigenvalue weighted by molar-refractivity contribution is 9.10. The molecule has 0 amide bonds. The summed E-state index contributed by atoms with van der Waals surface area (Å²) in [4.78, 5) is 4.59. The van der Waals surface area contributed by atoms with E-state index in [1.54, 1.807) is 11.3 Å². The van der Waals surface area contributed by atoms with Gasteiger partial charge in [0.15, 0.2) is 5.76 Å². The molecular weight excluding hydrogens is 324 g/mol. The zero-order chi connectivity index (χ0) is 13.2. The highest BCUT2D eigenvalue weighted by atomic mass is 79.9. The van der Waals surface area contributed by atoms with Gasteiger partial charge in [0.2, 0.25) is 0 Å². The van der Waals surface area contributed by atoms with Crippen LogP contribution in [0.5, 0.6) is 0 Å². The van der Waals surface area contributed by atoms with Crippen molar-refractivity contribution in [2.75, 3.05) is 6.54 Å². The molecule has 98 valence electrons. The number of benzene rings is 1. The van der Waals surface area contributed by atoms with E-state index < -0.39 is 0 Å². The molecule has 3 rings (SSSR count). The summed E-state index contributed by atoms with van der Waals surface area (Å²) in [7, 11) is 0. The molecular formula is C14H13BrN2OS. The molecule has 1 N–H and O–H groups in total. The van der Waals surface area contributed by atoms with E-state index in [2.05, 4.69) is 33.2 Å². The largest absolute Gasteiger partial charge is 0.454 e. The Morgan fingerprint density at radius 1 is 1.37 bits per heavy atom. The summed E-state index contributed by atoms with van der Waals surface area (Å²) in [6.45, 7) is 3.85. The molecule has 0 saturated carbocycles. The van der Waals surface area contributed by atoms with Gasteiger partial charge in [-0.3, -0.25) is 0 Å². The second-order valence-corrected chi connectivity index (χ2v) is 6.06. The summed E-state index contributed by atoms with van der Waals surface area (Å²) in [5, 5.41) is 7.49. The number of furan rings is 1. The Morgan fingerprint density at radius 2 is 2.26 bits per heavy atom. The van der Waals surface area contributed by atoms with Gasteiger partial charge < -0.3 is 9.73 Å². The predicted molar refractivity (Wildman–Crippen MR) is 82.4 cm³/mol. The van der Waals surface area contributed by atoms with Crippen LogP contribution >= 0.6 is 27.3 Å². The lowest BCUT2D eigenvalue weighted by Crippen LogP contribution is -2.11. The first-order chi connectivity index (χ1) is 9.26. The van der Waals surface area contributed by atoms with Gasteiger partial charge in [-0.05, 0) is 30.8 Å². The molecule has 0 aliphatic carbocycles. The maximum absolute atomic E-state index is 5.83. The molecule has 0 atom stereocenters. The lowest BCUT2D eigenvalue weighted by molar-refractivity contribution is 0.628. The summed E-state index contributed by atoms with van der Waals surface area (Å²) in [5.41, 5.74) is 1.80. The minimum absolute atomic E-state index is 0.812. The standard InChI is InChI=1S/C14H13BrN2OS/c1-2-16-7-14-17-11(8-19-14)13-6-9-5-10(15)3-4-12(9)18-13/h3-6,8,16H,2,7H2,1H3. The van der Waals surface area contributed by atoms with Crippen molar-refractivity contribution in [1.82, 2.24) is 10.3 Å². The van der Waals surface area contributed by atoms with Crippen LogP contribution in [0, 0.1) is 0 Å². The number of nitrogens with zero attached hydrogens (tertiary/aromatic N) is 1. The number of thiazole rings is 1. The van der Waals surface area contributed by atoms with Crippen LogP contribution in [0.25, 0.3) is 22.4 Å². The molecule has 19 heavy (non-hydrogen) atoms. The molecule has 0 saturated heterocycles. The zero-order valence-electron chi connectivity index (χ0n) is 10.4. The number of hydrogen-bond acceptors (Lipinski definition) is 4. The van der Waals surface area contributed by atoms with E-state index >= 15 is 0 Å². The van der Waals surface area contributed by atoms with Crippen molar-refractivity contribution in [3.63, 3.8) is 0 Å². The van der Waals surface area contributed by atoms with E-state index in [4.69, 9.17) is 4.42 Å². The highest BCUT2D eigenvalue weighted by Gasteiger charge is 2.10. The zero-order valence-corrected chi connectivity index (χ0v) is 12.8. The minimum Gasteiger partial charge on any atom is -0.454 e. The Labute approximate surface area is 123 Å². The van der Waals surface area contributed by atoms with Gasteiger partial charge in [-0.1, -0.05) is 22.9 Å². The molecule has 1 aromatic carbocycles. The molecule has 0 radical (unpaired) electrons. The number of aromatic nitrogens is 1. The predicted octanol–water partition coefficient (Wildman–Crippen LogP) is 4.43. The number of nitrogens with one attached hydrogen (secondary N) is 1. The van der Waals surface area contributed by atoms with Gasteiger partial charge in [0.1, 0.15) is 16.3 Å². The lowest BCUT2D eigenvalue weighted by Gasteiger charge is -1.94. The van der Waals surface area contributed by atoms with Crippen molar-refractivity contribution < 1.29 is 4.42 Å². The number of rotatable bonds is 4. The fourth-order valence-electron chi connectivity index (χ4n) is 1.88. The maximum atomic E-state index is 5.83. The molecule has 0 unspecified atom stereocenters. The summed E-state index contributed by atoms with van der Waals surface area (Å²) >= 11 is 5.12. The third kappa shape index (κ3) is 2.73. The molecule has 0 bridgehead atoms. The molecule has 0 fully saturated rings. The molecule has 2 heterocycles. The van der Waals surface area contributed by atoms with E-state index in [-0.39, 0.29) is 0 Å². The van der Waals surface area contributed by atoms with Gasteiger partial charge in [-0.15, -0.1) is 11.3 Å². The minimum atomic E-state index is 0.812. The third-order valence-corrected chi connectivity index (χ3v) is 4.15. The van der Waals surface area contributed by atoms with Gasteiger partial charge in [0.25, 0.3) is 0 Å². The fraction of sp³-hybridized carbons (Fsp3) is 0.214. The number of hydrogen-bond donors (Lipinski definition) is 1. The van der Waals surface area contributed by atoms with E-state index in [0.29, 0.717) is 0 Å². The van der Waals surface area contributed by atoms with E-state index in [1.807, 2.05) is 29.6 Å². The monoisotopic (exact) mass is 336 g/mol. The van der Waals surface area contributed by atoms with Crippen molar-refractivity contribution in [2.45, 2.75) is 13.5 Å². The number of halogens is 1. The van der Waals surface area contributed by atoms with Crippen LogP contribution in [-0.4, -0.2) is 11.5 Å². The van der Waals surface area contributed by atoms with Crippen LogP contribution in [-0.2, 0) is 6.54 Å². The Bertz CT molecular complexity index is 704. The fourth-order valence-corrected chi connectivity index (χ4v) is 3.01. The lowest BCUT2D eigenvalue weighted by atomic mass is 10.2. The molecule has 0 spiro atoms. The summed E-state index contributed by atoms with van der Waals surface area (Å²) < 4.78 is 6.88. The molecule has 0 aliphatic rings. The van der Waals surface area contributed by atoms with Crippen LogP contribution in [0.15, 0.2) is 38.5 Å². The Morgan fingerprint density at radius 3 is 3.11 bits per heavy atom. The molecule has 5 heteroatoms. The van der Waals surface area contributed by atoms with Crippen LogP contribution in [0.1, 0.15) is 11.9 Å². The Balaban J connectivity index is 1.92. The maximum Gasteiger partial charge on any atom is 0.154 e. The second kappa shape index (κ2) is 5.45. The summed E-state index contributed by atoms with van der Waals surface area (Å²) in [6.07, 6.45) is 0. The van der Waals surface area contributed by atoms with Crippen molar-refractivity contribution in [3.05, 3.63) is 39.1 Å². The van der Waals surface area contributed by atoms with Crippen molar-refractivity contribution in [1.29, 1.82) is 0 Å². The van der Waals surface area contributed by atoms with Crippen LogP contribution in [0.3, 0.4) is 0 Å². The average Bonchev–Trinajstić information content (AvgIpc) is 3.01. The number of fused-ring (bicyclic) bond motifs is 1. The van der Waals surface area contributed by atoms with E-state index in [9.17, 15) is 0 Å². The first kappa shape index (κ1) is 12.8. The molecule has 2 aromatic heterocycles. The van der Waals surface area contributed by atoms with Crippen molar-refractivity contribution >= 4 is 38.2 Å². The third-order valence-electron chi connectivity index (χ3n) is 2.81. The highest BCUT2D eigenvalue weighted by Crippen LogP contribution is 2.30. The van der Waals surface area contributed by atoms with E-state index in [1.165, 1.54) is 0 Å². The van der Waals surface area contributed by atoms with Gasteiger partial charge in [0, 0.05) is 21.8 Å². The quantitative estimate of drug-likeness (QED) is 0.765. The van der Waals surface area contributed by atoms with Gasteiger partial charge >= 0.3 is 0 Å². The molecule has 3 nitrogen and oxygen atoms in total. The van der Waals surface area contributed by atoms with Crippen molar-refractivity contribution in [3.8, 4) is 11.5 Å². The molecule has 0 aliphatic heterocycles. The van der Waals surface area contributed by atoms with Gasteiger partial charge in [-0.2, -0.15) is 0 Å². The first-order valence-electron chi connectivity index (χ1n) is 6.11. The second-order valence-electron chi connectivity index (χ2n) is 4.20. The van der Waals surface area contributed by atoms with Gasteiger partial charge in [-0.25, -0.2) is 4.98 Å². The first-order valence-corrected chi connectivity index (χ1v) is 7.78. The normalized spacial score (nSPS) is 11.3. The van der Waals surface area contributed by atoms with Crippen LogP contribution in [0.2, 0.25) is 0 Å². The SMILES string of the molecule is CCNCc1nc(-c2cc3cc(Br)ccc3o2)cs1.